The van der Waals surface area contributed by atoms with Gasteiger partial charge in [-0.05, 0) is 18.4 Å². The van der Waals surface area contributed by atoms with E-state index < -0.39 is 0 Å². The van der Waals surface area contributed by atoms with Crippen LogP contribution in [0.5, 0.6) is 0 Å². The van der Waals surface area contributed by atoms with Gasteiger partial charge >= 0.3 is 0 Å². The molecule has 0 radical (unpaired) electrons. The van der Waals surface area contributed by atoms with Crippen LogP contribution in [0.1, 0.15) is 49.3 Å². The van der Waals surface area contributed by atoms with E-state index >= 15 is 0 Å². The highest BCUT2D eigenvalue weighted by Crippen LogP contribution is 2.22. The van der Waals surface area contributed by atoms with Gasteiger partial charge in [-0.25, -0.2) is 0 Å². The van der Waals surface area contributed by atoms with Gasteiger partial charge in [0.15, 0.2) is 5.82 Å². The number of hydrogen-bond donors (Lipinski definition) is 0. The van der Waals surface area contributed by atoms with E-state index in [9.17, 15) is 0 Å². The minimum absolute atomic E-state index is 0.198. The monoisotopic (exact) mass is 320 g/mol. The summed E-state index contributed by atoms with van der Waals surface area (Å²) >= 11 is 1.84. The summed E-state index contributed by atoms with van der Waals surface area (Å²) in [6.45, 7) is 11.7. The van der Waals surface area contributed by atoms with Crippen molar-refractivity contribution in [1.82, 2.24) is 19.9 Å². The molecule has 0 N–H and O–H groups in total. The Balaban J connectivity index is 1.53. The van der Waals surface area contributed by atoms with E-state index in [-0.39, 0.29) is 6.04 Å². The third kappa shape index (κ3) is 3.56. The first kappa shape index (κ1) is 15.6. The van der Waals surface area contributed by atoms with Crippen LogP contribution < -0.4 is 0 Å². The number of thiophene rings is 1. The second-order valence-corrected chi connectivity index (χ2v) is 7.25. The Morgan fingerprint density at radius 3 is 2.59 bits per heavy atom. The summed E-state index contributed by atoms with van der Waals surface area (Å²) < 4.78 is 5.44. The largest absolute Gasteiger partial charge is 0.338 e. The molecule has 22 heavy (non-hydrogen) atoms. The second-order valence-electron chi connectivity index (χ2n) is 6.21. The lowest BCUT2D eigenvalue weighted by Crippen LogP contribution is -2.46. The number of piperazine rings is 1. The molecule has 120 valence electrons. The van der Waals surface area contributed by atoms with Gasteiger partial charge in [0.25, 0.3) is 0 Å². The summed E-state index contributed by atoms with van der Waals surface area (Å²) in [6, 6.07) is 4.54. The molecule has 1 saturated heterocycles. The SMILES string of the molecule is CC(C)c1noc([C@H](C)N2CCN(Cc3cccs3)CC2)n1. The first-order chi connectivity index (χ1) is 10.6. The minimum Gasteiger partial charge on any atom is -0.338 e. The molecule has 0 unspecified atom stereocenters. The molecular weight excluding hydrogens is 296 g/mol. The van der Waals surface area contributed by atoms with E-state index in [1.807, 2.05) is 11.3 Å². The Hall–Kier alpha value is -1.24. The fraction of sp³-hybridized carbons (Fsp3) is 0.625. The van der Waals surface area contributed by atoms with E-state index in [0.717, 1.165) is 44.4 Å². The van der Waals surface area contributed by atoms with Crippen molar-refractivity contribution in [2.45, 2.75) is 39.3 Å². The van der Waals surface area contributed by atoms with Gasteiger partial charge in [0.05, 0.1) is 6.04 Å². The molecule has 0 aromatic carbocycles. The molecule has 2 aromatic heterocycles. The Morgan fingerprint density at radius 1 is 1.23 bits per heavy atom. The van der Waals surface area contributed by atoms with Gasteiger partial charge in [-0.15, -0.1) is 11.3 Å². The summed E-state index contributed by atoms with van der Waals surface area (Å²) in [6.07, 6.45) is 0. The van der Waals surface area contributed by atoms with Crippen LogP contribution in [0.4, 0.5) is 0 Å². The summed E-state index contributed by atoms with van der Waals surface area (Å²) in [5, 5.41) is 6.22. The maximum atomic E-state index is 5.44. The highest BCUT2D eigenvalue weighted by molar-refractivity contribution is 7.09. The third-order valence-electron chi connectivity index (χ3n) is 4.25. The van der Waals surface area contributed by atoms with Crippen LogP contribution in [0.15, 0.2) is 22.0 Å². The summed E-state index contributed by atoms with van der Waals surface area (Å²) in [4.78, 5) is 10.9. The van der Waals surface area contributed by atoms with Crippen molar-refractivity contribution in [3.05, 3.63) is 34.1 Å². The van der Waals surface area contributed by atoms with Crippen molar-refractivity contribution >= 4 is 11.3 Å². The van der Waals surface area contributed by atoms with Crippen LogP contribution >= 0.6 is 11.3 Å². The first-order valence-corrected chi connectivity index (χ1v) is 8.83. The quantitative estimate of drug-likeness (QED) is 0.847. The molecule has 1 aliphatic heterocycles. The van der Waals surface area contributed by atoms with Crippen LogP contribution in [0.3, 0.4) is 0 Å². The molecule has 1 aliphatic rings. The molecule has 0 spiro atoms. The lowest BCUT2D eigenvalue weighted by atomic mass is 10.2. The Morgan fingerprint density at radius 2 is 2.00 bits per heavy atom. The minimum atomic E-state index is 0.198. The number of hydrogen-bond acceptors (Lipinski definition) is 6. The summed E-state index contributed by atoms with van der Waals surface area (Å²) in [5.74, 6) is 1.86. The van der Waals surface area contributed by atoms with E-state index in [2.05, 4.69) is 58.2 Å². The Bertz CT molecular complexity index is 573. The molecule has 1 atom stereocenters. The topological polar surface area (TPSA) is 45.4 Å². The molecular formula is C16H24N4OS. The first-order valence-electron chi connectivity index (χ1n) is 7.95. The van der Waals surface area contributed by atoms with Gasteiger partial charge in [0.2, 0.25) is 5.89 Å². The molecule has 0 aliphatic carbocycles. The maximum Gasteiger partial charge on any atom is 0.243 e. The van der Waals surface area contributed by atoms with Gasteiger partial charge in [-0.3, -0.25) is 9.80 Å². The Kier molecular flexibility index (Phi) is 4.90. The molecule has 6 heteroatoms. The molecule has 0 saturated carbocycles. The van der Waals surface area contributed by atoms with Crippen molar-refractivity contribution in [1.29, 1.82) is 0 Å². The zero-order valence-corrected chi connectivity index (χ0v) is 14.3. The zero-order valence-electron chi connectivity index (χ0n) is 13.5. The Labute approximate surface area is 135 Å². The predicted octanol–water partition coefficient (Wildman–Crippen LogP) is 3.13. The van der Waals surface area contributed by atoms with Crippen LogP contribution in [-0.2, 0) is 6.54 Å². The van der Waals surface area contributed by atoms with Gasteiger partial charge in [-0.2, -0.15) is 4.98 Å². The fourth-order valence-electron chi connectivity index (χ4n) is 2.74. The summed E-state index contributed by atoms with van der Waals surface area (Å²) in [7, 11) is 0. The van der Waals surface area contributed by atoms with Crippen molar-refractivity contribution in [3.8, 4) is 0 Å². The highest BCUT2D eigenvalue weighted by Gasteiger charge is 2.26. The van der Waals surface area contributed by atoms with Crippen LogP contribution in [0.2, 0.25) is 0 Å². The van der Waals surface area contributed by atoms with Crippen molar-refractivity contribution in [2.24, 2.45) is 0 Å². The fourth-order valence-corrected chi connectivity index (χ4v) is 3.49. The molecule has 5 nitrogen and oxygen atoms in total. The second kappa shape index (κ2) is 6.89. The number of nitrogens with zero attached hydrogens (tertiary/aromatic N) is 4. The average Bonchev–Trinajstić information content (AvgIpc) is 3.18. The van der Waals surface area contributed by atoms with E-state index in [1.165, 1.54) is 4.88 Å². The van der Waals surface area contributed by atoms with Crippen LogP contribution in [0, 0.1) is 0 Å². The van der Waals surface area contributed by atoms with Gasteiger partial charge in [-0.1, -0.05) is 25.1 Å². The number of aromatic nitrogens is 2. The molecule has 0 amide bonds. The summed E-state index contributed by atoms with van der Waals surface area (Å²) in [5.41, 5.74) is 0. The average molecular weight is 320 g/mol. The zero-order chi connectivity index (χ0) is 15.5. The lowest BCUT2D eigenvalue weighted by Gasteiger charge is -2.36. The van der Waals surface area contributed by atoms with Gasteiger partial charge in [0.1, 0.15) is 0 Å². The standard InChI is InChI=1S/C16H24N4OS/c1-12(2)15-17-16(21-18-15)13(3)20-8-6-19(7-9-20)11-14-5-4-10-22-14/h4-5,10,12-13H,6-9,11H2,1-3H3/t13-/m0/s1. The molecule has 2 aromatic rings. The molecule has 3 rings (SSSR count). The van der Waals surface area contributed by atoms with E-state index in [4.69, 9.17) is 4.52 Å². The normalized spacial score (nSPS) is 18.9. The molecule has 3 heterocycles. The molecule has 0 bridgehead atoms. The lowest BCUT2D eigenvalue weighted by molar-refractivity contribution is 0.0850. The van der Waals surface area contributed by atoms with E-state index in [1.54, 1.807) is 0 Å². The van der Waals surface area contributed by atoms with Crippen LogP contribution in [0.25, 0.3) is 0 Å². The highest BCUT2D eigenvalue weighted by atomic mass is 32.1. The number of rotatable bonds is 5. The van der Waals surface area contributed by atoms with Gasteiger partial charge in [0, 0.05) is 43.5 Å². The van der Waals surface area contributed by atoms with Crippen molar-refractivity contribution in [2.75, 3.05) is 26.2 Å². The third-order valence-corrected chi connectivity index (χ3v) is 5.11. The van der Waals surface area contributed by atoms with Gasteiger partial charge < -0.3 is 4.52 Å². The predicted molar refractivity (Wildman–Crippen MR) is 88.0 cm³/mol. The van der Waals surface area contributed by atoms with Crippen LogP contribution in [-0.4, -0.2) is 46.1 Å². The van der Waals surface area contributed by atoms with E-state index in [0.29, 0.717) is 5.92 Å². The molecule has 1 fully saturated rings. The van der Waals surface area contributed by atoms with Crippen molar-refractivity contribution < 1.29 is 4.52 Å². The smallest absolute Gasteiger partial charge is 0.243 e. The van der Waals surface area contributed by atoms with Crippen molar-refractivity contribution in [3.63, 3.8) is 0 Å². The maximum absolute atomic E-state index is 5.44.